The van der Waals surface area contributed by atoms with Gasteiger partial charge in [-0.3, -0.25) is 10.8 Å². The molecule has 43 heavy (non-hydrogen) atoms. The van der Waals surface area contributed by atoms with E-state index in [1.165, 1.54) is 58.1 Å². The van der Waals surface area contributed by atoms with Crippen LogP contribution in [0.25, 0.3) is 55.3 Å². The molecule has 1 aliphatic carbocycles. The molecule has 2 N–H and O–H groups in total. The van der Waals surface area contributed by atoms with Crippen LogP contribution in [0.1, 0.15) is 37.8 Å². The van der Waals surface area contributed by atoms with Gasteiger partial charge in [0.25, 0.3) is 0 Å². The Labute approximate surface area is 256 Å². The predicted octanol–water partition coefficient (Wildman–Crippen LogP) is 10.4. The molecule has 0 amide bonds. The maximum Gasteiger partial charge on any atom is 0.160 e. The van der Waals surface area contributed by atoms with E-state index in [1.807, 2.05) is 42.5 Å². The van der Waals surface area contributed by atoms with Gasteiger partial charge in [0.1, 0.15) is 5.04 Å². The topological polar surface area (TPSA) is 73.5 Å². The van der Waals surface area contributed by atoms with Gasteiger partial charge in [-0.2, -0.15) is 0 Å². The fourth-order valence-corrected chi connectivity index (χ4v) is 7.01. The summed E-state index contributed by atoms with van der Waals surface area (Å²) in [4.78, 5) is 9.92. The minimum atomic E-state index is 0.252. The largest absolute Gasteiger partial charge is 0.298 e. The fraction of sp³-hybridized carbons (Fsp3) is 0.158. The van der Waals surface area contributed by atoms with Gasteiger partial charge in [0.2, 0.25) is 0 Å². The molecule has 0 bridgehead atoms. The lowest BCUT2D eigenvalue weighted by Gasteiger charge is -2.21. The van der Waals surface area contributed by atoms with Gasteiger partial charge in [0.05, 0.1) is 16.4 Å². The van der Waals surface area contributed by atoms with Gasteiger partial charge >= 0.3 is 0 Å². The zero-order chi connectivity index (χ0) is 29.2. The molecule has 0 atom stereocenters. The Morgan fingerprint density at radius 2 is 1.28 bits per heavy atom. The summed E-state index contributed by atoms with van der Waals surface area (Å²) in [5.74, 6) is 0.834. The zero-order valence-electron chi connectivity index (χ0n) is 23.9. The number of nitrogens with one attached hydrogen (secondary N) is 2. The Morgan fingerprint density at radius 3 is 2.09 bits per heavy atom. The molecule has 0 spiro atoms. The van der Waals surface area contributed by atoms with Crippen molar-refractivity contribution >= 4 is 43.4 Å². The molecule has 5 heteroatoms. The molecule has 1 aliphatic rings. The number of nitrogens with zero attached hydrogens (tertiary/aromatic N) is 2. The van der Waals surface area contributed by atoms with Crippen molar-refractivity contribution in [2.75, 3.05) is 0 Å². The van der Waals surface area contributed by atoms with Crippen LogP contribution in [0.3, 0.4) is 0 Å². The molecular weight excluding hydrogens is 545 g/mol. The highest BCUT2D eigenvalue weighted by Gasteiger charge is 2.22. The summed E-state index contributed by atoms with van der Waals surface area (Å²) in [7, 11) is 0. The van der Waals surface area contributed by atoms with E-state index in [2.05, 4.69) is 72.8 Å². The second-order valence-corrected chi connectivity index (χ2v) is 12.3. The minimum absolute atomic E-state index is 0.252. The van der Waals surface area contributed by atoms with Gasteiger partial charge in [-0.25, -0.2) is 9.97 Å². The molecule has 0 unspecified atom stereocenters. The number of benzene rings is 5. The molecule has 1 aromatic heterocycles. The molecule has 1 heterocycles. The standard InChI is InChI=1S/C38H32N4S/c39-36(26-14-5-2-6-15-26)43-37(40)35-24-34(25-12-3-1-4-13-25)41-38(42-35)29-18-11-17-27(22-29)33-23-28-16-7-8-19-30(28)31-20-9-10-21-32(31)33/h1,3-4,7-13,16-24,26,39-40H,2,5-6,14-15H2. The highest BCUT2D eigenvalue weighted by atomic mass is 32.2. The molecule has 210 valence electrons. The molecular formula is C38H32N4S. The molecule has 7 rings (SSSR count). The van der Waals surface area contributed by atoms with Crippen LogP contribution < -0.4 is 0 Å². The summed E-state index contributed by atoms with van der Waals surface area (Å²) in [6.07, 6.45) is 5.66. The average Bonchev–Trinajstić information content (AvgIpc) is 3.08. The second-order valence-electron chi connectivity index (χ2n) is 11.2. The van der Waals surface area contributed by atoms with E-state index in [-0.39, 0.29) is 5.92 Å². The predicted molar refractivity (Wildman–Crippen MR) is 182 cm³/mol. The molecule has 4 nitrogen and oxygen atoms in total. The van der Waals surface area contributed by atoms with E-state index in [9.17, 15) is 0 Å². The highest BCUT2D eigenvalue weighted by Crippen LogP contribution is 2.36. The Kier molecular flexibility index (Phi) is 7.56. The number of hydrogen-bond acceptors (Lipinski definition) is 5. The van der Waals surface area contributed by atoms with Crippen molar-refractivity contribution in [1.29, 1.82) is 10.8 Å². The maximum atomic E-state index is 8.97. The Morgan fingerprint density at radius 1 is 0.605 bits per heavy atom. The first kappa shape index (κ1) is 27.2. The van der Waals surface area contributed by atoms with E-state index in [1.54, 1.807) is 0 Å². The van der Waals surface area contributed by atoms with Gasteiger partial charge in [0.15, 0.2) is 5.82 Å². The van der Waals surface area contributed by atoms with Gasteiger partial charge in [-0.05, 0) is 63.7 Å². The number of rotatable bonds is 5. The van der Waals surface area contributed by atoms with Crippen LogP contribution in [0, 0.1) is 16.7 Å². The molecule has 5 aromatic carbocycles. The summed E-state index contributed by atoms with van der Waals surface area (Å²) < 4.78 is 0. The van der Waals surface area contributed by atoms with Gasteiger partial charge < -0.3 is 0 Å². The molecule has 0 saturated heterocycles. The van der Waals surface area contributed by atoms with Crippen molar-refractivity contribution in [2.45, 2.75) is 32.1 Å². The van der Waals surface area contributed by atoms with Gasteiger partial charge in [-0.1, -0.05) is 128 Å². The van der Waals surface area contributed by atoms with Crippen molar-refractivity contribution in [3.05, 3.63) is 121 Å². The summed E-state index contributed by atoms with van der Waals surface area (Å²) in [5, 5.41) is 23.5. The van der Waals surface area contributed by atoms with Crippen LogP contribution in [0.5, 0.6) is 0 Å². The summed E-state index contributed by atoms with van der Waals surface area (Å²) in [6, 6.07) is 39.7. The van der Waals surface area contributed by atoms with E-state index in [0.29, 0.717) is 21.6 Å². The highest BCUT2D eigenvalue weighted by molar-refractivity contribution is 8.26. The van der Waals surface area contributed by atoms with Gasteiger partial charge in [-0.15, -0.1) is 0 Å². The zero-order valence-corrected chi connectivity index (χ0v) is 24.7. The van der Waals surface area contributed by atoms with Crippen LogP contribution in [0.15, 0.2) is 115 Å². The number of hydrogen-bond donors (Lipinski definition) is 2. The van der Waals surface area contributed by atoms with Crippen LogP contribution in [-0.4, -0.2) is 20.1 Å². The monoisotopic (exact) mass is 576 g/mol. The van der Waals surface area contributed by atoms with E-state index in [0.717, 1.165) is 35.2 Å². The van der Waals surface area contributed by atoms with Crippen LogP contribution in [0.4, 0.5) is 0 Å². The lowest BCUT2D eigenvalue weighted by atomic mass is 9.90. The van der Waals surface area contributed by atoms with Crippen LogP contribution in [0.2, 0.25) is 0 Å². The third-order valence-electron chi connectivity index (χ3n) is 8.42. The van der Waals surface area contributed by atoms with Crippen LogP contribution >= 0.6 is 11.8 Å². The van der Waals surface area contributed by atoms with Crippen molar-refractivity contribution in [1.82, 2.24) is 9.97 Å². The Hall–Kier alpha value is -4.61. The number of fused-ring (bicyclic) bond motifs is 3. The minimum Gasteiger partial charge on any atom is -0.298 e. The molecule has 0 aliphatic heterocycles. The number of aromatic nitrogens is 2. The van der Waals surface area contributed by atoms with Gasteiger partial charge in [0, 0.05) is 17.0 Å². The fourth-order valence-electron chi connectivity index (χ4n) is 6.18. The molecule has 0 radical (unpaired) electrons. The SMILES string of the molecule is N=C(SC(=N)C1CCCCC1)c1cc(-c2ccccc2)nc(-c2cccc(-c3cc4ccccc4c4ccccc34)c2)n1. The summed E-state index contributed by atoms with van der Waals surface area (Å²) in [6.45, 7) is 0. The smallest absolute Gasteiger partial charge is 0.160 e. The van der Waals surface area contributed by atoms with E-state index < -0.39 is 0 Å². The lowest BCUT2D eigenvalue weighted by molar-refractivity contribution is 0.442. The molecule has 1 fully saturated rings. The van der Waals surface area contributed by atoms with E-state index >= 15 is 0 Å². The van der Waals surface area contributed by atoms with E-state index in [4.69, 9.17) is 20.8 Å². The quantitative estimate of drug-likeness (QED) is 0.122. The first-order chi connectivity index (χ1) is 21.1. The molecule has 1 saturated carbocycles. The van der Waals surface area contributed by atoms with Crippen molar-refractivity contribution in [2.24, 2.45) is 5.92 Å². The lowest BCUT2D eigenvalue weighted by Crippen LogP contribution is -2.16. The first-order valence-corrected chi connectivity index (χ1v) is 15.8. The normalized spacial score (nSPS) is 13.8. The molecule has 6 aromatic rings. The first-order valence-electron chi connectivity index (χ1n) is 14.9. The van der Waals surface area contributed by atoms with Crippen molar-refractivity contribution < 1.29 is 0 Å². The van der Waals surface area contributed by atoms with Crippen molar-refractivity contribution in [3.63, 3.8) is 0 Å². The third kappa shape index (κ3) is 5.61. The number of thioether (sulfide) groups is 1. The summed E-state index contributed by atoms with van der Waals surface area (Å²) >= 11 is 1.25. The van der Waals surface area contributed by atoms with Crippen LogP contribution in [-0.2, 0) is 0 Å². The Bertz CT molecular complexity index is 1980. The summed E-state index contributed by atoms with van der Waals surface area (Å²) in [5.41, 5.74) is 5.46. The maximum absolute atomic E-state index is 8.97. The Balaban J connectivity index is 1.31. The van der Waals surface area contributed by atoms with Crippen molar-refractivity contribution in [3.8, 4) is 33.8 Å². The second kappa shape index (κ2) is 11.9. The third-order valence-corrected chi connectivity index (χ3v) is 9.38. The average molecular weight is 577 g/mol.